The number of aryl methyl sites for hydroxylation is 1. The van der Waals surface area contributed by atoms with Crippen molar-refractivity contribution in [3.63, 3.8) is 0 Å². The first kappa shape index (κ1) is 19.8. The molecule has 0 aliphatic carbocycles. The SMILES string of the molecule is COc1cc(CNC(C)(C)C)ccc1OCC(=O)Nc1ccc(C)cc1. The van der Waals surface area contributed by atoms with Gasteiger partial charge in [-0.15, -0.1) is 0 Å². The van der Waals surface area contributed by atoms with Gasteiger partial charge in [0.1, 0.15) is 0 Å². The van der Waals surface area contributed by atoms with Gasteiger partial charge in [0.05, 0.1) is 7.11 Å². The van der Waals surface area contributed by atoms with Crippen LogP contribution in [-0.2, 0) is 11.3 Å². The second-order valence-electron chi connectivity index (χ2n) is 7.29. The smallest absolute Gasteiger partial charge is 0.262 e. The zero-order chi connectivity index (χ0) is 19.2. The largest absolute Gasteiger partial charge is 0.493 e. The molecule has 0 atom stereocenters. The topological polar surface area (TPSA) is 59.6 Å². The second-order valence-corrected chi connectivity index (χ2v) is 7.29. The molecule has 0 saturated heterocycles. The molecule has 0 aliphatic heterocycles. The summed E-state index contributed by atoms with van der Waals surface area (Å²) in [6.45, 7) is 9.01. The highest BCUT2D eigenvalue weighted by atomic mass is 16.5. The predicted molar refractivity (Wildman–Crippen MR) is 105 cm³/mol. The van der Waals surface area contributed by atoms with Gasteiger partial charge in [-0.25, -0.2) is 0 Å². The Morgan fingerprint density at radius 3 is 2.35 bits per heavy atom. The van der Waals surface area contributed by atoms with Crippen molar-refractivity contribution in [2.45, 2.75) is 39.8 Å². The highest BCUT2D eigenvalue weighted by Gasteiger charge is 2.12. The molecule has 2 aromatic rings. The van der Waals surface area contributed by atoms with Crippen LogP contribution in [0.5, 0.6) is 11.5 Å². The molecule has 0 unspecified atom stereocenters. The Morgan fingerprint density at radius 1 is 1.04 bits per heavy atom. The van der Waals surface area contributed by atoms with Crippen molar-refractivity contribution in [1.82, 2.24) is 5.32 Å². The summed E-state index contributed by atoms with van der Waals surface area (Å²) in [5.41, 5.74) is 3.02. The number of amides is 1. The van der Waals surface area contributed by atoms with Gasteiger partial charge in [-0.1, -0.05) is 23.8 Å². The first-order chi connectivity index (χ1) is 12.3. The molecule has 2 aromatic carbocycles. The van der Waals surface area contributed by atoms with Gasteiger partial charge in [0.15, 0.2) is 18.1 Å². The lowest BCUT2D eigenvalue weighted by Gasteiger charge is -2.21. The standard InChI is InChI=1S/C21H28N2O3/c1-15-6-9-17(10-7-15)23-20(24)14-26-18-11-8-16(12-19(18)25-5)13-22-21(2,3)4/h6-12,22H,13-14H2,1-5H3,(H,23,24). The van der Waals surface area contributed by atoms with E-state index in [1.165, 1.54) is 0 Å². The highest BCUT2D eigenvalue weighted by Crippen LogP contribution is 2.28. The molecular formula is C21H28N2O3. The number of ether oxygens (including phenoxy) is 2. The van der Waals surface area contributed by atoms with Gasteiger partial charge in [-0.3, -0.25) is 4.79 Å². The fourth-order valence-electron chi connectivity index (χ4n) is 2.29. The third-order valence-corrected chi connectivity index (χ3v) is 3.74. The van der Waals surface area contributed by atoms with E-state index in [1.807, 2.05) is 49.4 Å². The van der Waals surface area contributed by atoms with E-state index >= 15 is 0 Å². The number of hydrogen-bond acceptors (Lipinski definition) is 4. The number of benzene rings is 2. The van der Waals surface area contributed by atoms with Crippen molar-refractivity contribution >= 4 is 11.6 Å². The van der Waals surface area contributed by atoms with Crippen LogP contribution in [0.2, 0.25) is 0 Å². The van der Waals surface area contributed by atoms with Gasteiger partial charge in [0, 0.05) is 17.8 Å². The fraction of sp³-hybridized carbons (Fsp3) is 0.381. The fourth-order valence-corrected chi connectivity index (χ4v) is 2.29. The maximum absolute atomic E-state index is 12.1. The molecular weight excluding hydrogens is 328 g/mol. The molecule has 2 rings (SSSR count). The summed E-state index contributed by atoms with van der Waals surface area (Å²) < 4.78 is 11.0. The lowest BCUT2D eigenvalue weighted by atomic mass is 10.1. The van der Waals surface area contributed by atoms with Crippen LogP contribution in [0.4, 0.5) is 5.69 Å². The summed E-state index contributed by atoms with van der Waals surface area (Å²) in [7, 11) is 1.59. The normalized spacial score (nSPS) is 11.1. The Labute approximate surface area is 155 Å². The molecule has 0 aliphatic rings. The molecule has 0 aromatic heterocycles. The van der Waals surface area contributed by atoms with E-state index in [0.717, 1.165) is 23.4 Å². The van der Waals surface area contributed by atoms with Crippen LogP contribution in [0, 0.1) is 6.92 Å². The van der Waals surface area contributed by atoms with Crippen LogP contribution < -0.4 is 20.1 Å². The molecule has 1 amide bonds. The molecule has 26 heavy (non-hydrogen) atoms. The zero-order valence-corrected chi connectivity index (χ0v) is 16.2. The number of rotatable bonds is 7. The summed E-state index contributed by atoms with van der Waals surface area (Å²) in [6.07, 6.45) is 0. The molecule has 5 nitrogen and oxygen atoms in total. The van der Waals surface area contributed by atoms with Crippen molar-refractivity contribution in [2.75, 3.05) is 19.0 Å². The molecule has 0 spiro atoms. The molecule has 5 heteroatoms. The number of anilines is 1. The number of carbonyl (C=O) groups excluding carboxylic acids is 1. The van der Waals surface area contributed by atoms with E-state index in [-0.39, 0.29) is 18.1 Å². The van der Waals surface area contributed by atoms with Gasteiger partial charge >= 0.3 is 0 Å². The van der Waals surface area contributed by atoms with E-state index < -0.39 is 0 Å². The minimum Gasteiger partial charge on any atom is -0.493 e. The van der Waals surface area contributed by atoms with Crippen LogP contribution in [0.25, 0.3) is 0 Å². The van der Waals surface area contributed by atoms with Crippen LogP contribution in [0.1, 0.15) is 31.9 Å². The number of nitrogens with one attached hydrogen (secondary N) is 2. The van der Waals surface area contributed by atoms with Crippen molar-refractivity contribution < 1.29 is 14.3 Å². The monoisotopic (exact) mass is 356 g/mol. The highest BCUT2D eigenvalue weighted by molar-refractivity contribution is 5.91. The molecule has 0 heterocycles. The van der Waals surface area contributed by atoms with Gasteiger partial charge in [0.2, 0.25) is 0 Å². The van der Waals surface area contributed by atoms with Gasteiger partial charge in [0.25, 0.3) is 5.91 Å². The minimum atomic E-state index is -0.214. The molecule has 2 N–H and O–H groups in total. The lowest BCUT2D eigenvalue weighted by Crippen LogP contribution is -2.35. The van der Waals surface area contributed by atoms with Crippen LogP contribution >= 0.6 is 0 Å². The Morgan fingerprint density at radius 2 is 1.73 bits per heavy atom. The molecule has 0 radical (unpaired) electrons. The quantitative estimate of drug-likeness (QED) is 0.790. The summed E-state index contributed by atoms with van der Waals surface area (Å²) in [6, 6.07) is 13.3. The van der Waals surface area contributed by atoms with Crippen LogP contribution in [0.15, 0.2) is 42.5 Å². The van der Waals surface area contributed by atoms with E-state index in [0.29, 0.717) is 11.5 Å². The van der Waals surface area contributed by atoms with Crippen molar-refractivity contribution in [1.29, 1.82) is 0 Å². The maximum Gasteiger partial charge on any atom is 0.262 e. The third-order valence-electron chi connectivity index (χ3n) is 3.74. The summed E-state index contributed by atoms with van der Waals surface area (Å²) in [4.78, 5) is 12.1. The average molecular weight is 356 g/mol. The Kier molecular flexibility index (Phi) is 6.64. The third kappa shape index (κ3) is 6.41. The first-order valence-corrected chi connectivity index (χ1v) is 8.68. The number of carbonyl (C=O) groups is 1. The van der Waals surface area contributed by atoms with Crippen molar-refractivity contribution in [3.8, 4) is 11.5 Å². The summed E-state index contributed by atoms with van der Waals surface area (Å²) >= 11 is 0. The second kappa shape index (κ2) is 8.72. The molecule has 0 bridgehead atoms. The Balaban J connectivity index is 1.93. The van der Waals surface area contributed by atoms with Gasteiger partial charge in [-0.2, -0.15) is 0 Å². The Bertz CT molecular complexity index is 734. The average Bonchev–Trinajstić information content (AvgIpc) is 2.59. The van der Waals surface area contributed by atoms with E-state index in [2.05, 4.69) is 31.4 Å². The number of methoxy groups -OCH3 is 1. The number of hydrogen-bond donors (Lipinski definition) is 2. The van der Waals surface area contributed by atoms with Gasteiger partial charge < -0.3 is 20.1 Å². The Hall–Kier alpha value is -2.53. The van der Waals surface area contributed by atoms with E-state index in [4.69, 9.17) is 9.47 Å². The molecule has 0 saturated carbocycles. The van der Waals surface area contributed by atoms with Crippen molar-refractivity contribution in [3.05, 3.63) is 53.6 Å². The van der Waals surface area contributed by atoms with Crippen molar-refractivity contribution in [2.24, 2.45) is 0 Å². The predicted octanol–water partition coefficient (Wildman–Crippen LogP) is 3.91. The minimum absolute atomic E-state index is 0.0382. The lowest BCUT2D eigenvalue weighted by molar-refractivity contribution is -0.118. The van der Waals surface area contributed by atoms with Crippen LogP contribution in [-0.4, -0.2) is 25.2 Å². The van der Waals surface area contributed by atoms with E-state index in [1.54, 1.807) is 7.11 Å². The maximum atomic E-state index is 12.1. The molecule has 140 valence electrons. The van der Waals surface area contributed by atoms with Gasteiger partial charge in [-0.05, 0) is 57.5 Å². The van der Waals surface area contributed by atoms with Crippen LogP contribution in [0.3, 0.4) is 0 Å². The summed E-state index contributed by atoms with van der Waals surface area (Å²) in [5, 5.41) is 6.24. The zero-order valence-electron chi connectivity index (χ0n) is 16.2. The molecule has 0 fully saturated rings. The summed E-state index contributed by atoms with van der Waals surface area (Å²) in [5.74, 6) is 0.946. The first-order valence-electron chi connectivity index (χ1n) is 8.68. The van der Waals surface area contributed by atoms with E-state index in [9.17, 15) is 4.79 Å².